The van der Waals surface area contributed by atoms with Crippen molar-refractivity contribution in [3.8, 4) is 0 Å². The van der Waals surface area contributed by atoms with Crippen LogP contribution in [0.15, 0.2) is 58.7 Å². The lowest BCUT2D eigenvalue weighted by molar-refractivity contribution is -0.132. The standard InChI is InChI=1S/C25H38N2O5S/c1-18(13-14-21-20(3)12-9-15-25(21,4)5)10-8-11-19(2)16-23(28)26-22(17-33(30,31)32)24(29)27(6)7/h8,10-11,13-14,16,22H,9,12,15,17H2,1-7H3,(H,26,28)(H,30,31,32)/b11-8+,14-13+,18-10+,19-16+/t22-/m0/s1. The molecule has 8 heteroatoms. The first kappa shape index (κ1) is 28.6. The van der Waals surface area contributed by atoms with Crippen LogP contribution in [0, 0.1) is 5.41 Å². The van der Waals surface area contributed by atoms with Gasteiger partial charge in [0.1, 0.15) is 11.8 Å². The molecule has 0 saturated carbocycles. The molecule has 0 heterocycles. The lowest BCUT2D eigenvalue weighted by Gasteiger charge is -2.32. The summed E-state index contributed by atoms with van der Waals surface area (Å²) in [6.07, 6.45) is 14.6. The Morgan fingerprint density at radius 3 is 2.36 bits per heavy atom. The third kappa shape index (κ3) is 10.4. The molecule has 0 bridgehead atoms. The minimum atomic E-state index is -4.44. The number of nitrogens with zero attached hydrogens (tertiary/aromatic N) is 1. The highest BCUT2D eigenvalue weighted by atomic mass is 32.2. The molecule has 0 aromatic rings. The van der Waals surface area contributed by atoms with E-state index in [9.17, 15) is 18.0 Å². The van der Waals surface area contributed by atoms with Gasteiger partial charge >= 0.3 is 0 Å². The van der Waals surface area contributed by atoms with Gasteiger partial charge in [0.25, 0.3) is 10.1 Å². The molecule has 7 nitrogen and oxygen atoms in total. The predicted octanol–water partition coefficient (Wildman–Crippen LogP) is 3.98. The number of allylic oxidation sites excluding steroid dienone is 9. The predicted molar refractivity (Wildman–Crippen MR) is 133 cm³/mol. The normalized spacial score (nSPS) is 18.7. The average Bonchev–Trinajstić information content (AvgIpc) is 2.64. The minimum Gasteiger partial charge on any atom is -0.347 e. The minimum absolute atomic E-state index is 0.183. The van der Waals surface area contributed by atoms with Crippen LogP contribution in [0.25, 0.3) is 0 Å². The summed E-state index contributed by atoms with van der Waals surface area (Å²) < 4.78 is 31.4. The number of hydrogen-bond donors (Lipinski definition) is 2. The lowest BCUT2D eigenvalue weighted by atomic mass is 9.72. The van der Waals surface area contributed by atoms with Crippen molar-refractivity contribution >= 4 is 21.9 Å². The Bertz CT molecular complexity index is 996. The Balaban J connectivity index is 2.83. The summed E-state index contributed by atoms with van der Waals surface area (Å²) in [5.41, 5.74) is 4.70. The van der Waals surface area contributed by atoms with Crippen molar-refractivity contribution in [3.63, 3.8) is 0 Å². The fraction of sp³-hybridized carbons (Fsp3) is 0.520. The summed E-state index contributed by atoms with van der Waals surface area (Å²) in [6, 6.07) is -1.37. The number of amides is 2. The first-order chi connectivity index (χ1) is 15.1. The fourth-order valence-corrected chi connectivity index (χ4v) is 4.44. The van der Waals surface area contributed by atoms with Crippen molar-refractivity contribution in [2.45, 2.75) is 59.9 Å². The Morgan fingerprint density at radius 1 is 1.18 bits per heavy atom. The second-order valence-electron chi connectivity index (χ2n) is 9.47. The average molecular weight is 479 g/mol. The maximum absolute atomic E-state index is 12.2. The molecule has 1 aliphatic carbocycles. The van der Waals surface area contributed by atoms with E-state index in [2.05, 4.69) is 38.2 Å². The number of nitrogens with one attached hydrogen (secondary N) is 1. The summed E-state index contributed by atoms with van der Waals surface area (Å²) in [5, 5.41) is 2.34. The molecule has 0 fully saturated rings. The molecule has 0 unspecified atom stereocenters. The molecule has 0 aliphatic heterocycles. The van der Waals surface area contributed by atoms with Gasteiger partial charge in [-0.2, -0.15) is 8.42 Å². The van der Waals surface area contributed by atoms with E-state index in [0.29, 0.717) is 5.57 Å². The van der Waals surface area contributed by atoms with Crippen LogP contribution < -0.4 is 5.32 Å². The van der Waals surface area contributed by atoms with E-state index in [-0.39, 0.29) is 5.41 Å². The maximum Gasteiger partial charge on any atom is 0.267 e. The van der Waals surface area contributed by atoms with Crippen molar-refractivity contribution in [1.29, 1.82) is 0 Å². The maximum atomic E-state index is 12.2. The quantitative estimate of drug-likeness (QED) is 0.296. The molecule has 0 radical (unpaired) electrons. The number of likely N-dealkylation sites (N-methyl/N-ethyl adjacent to an activating group) is 1. The van der Waals surface area contributed by atoms with E-state index >= 15 is 0 Å². The van der Waals surface area contributed by atoms with E-state index in [4.69, 9.17) is 4.55 Å². The van der Waals surface area contributed by atoms with E-state index in [1.807, 2.05) is 19.1 Å². The molecule has 1 rings (SSSR count). The molecule has 0 aromatic carbocycles. The Hall–Kier alpha value is -2.45. The van der Waals surface area contributed by atoms with Gasteiger partial charge in [0.2, 0.25) is 11.8 Å². The molecule has 0 saturated heterocycles. The summed E-state index contributed by atoms with van der Waals surface area (Å²) in [5.74, 6) is -2.14. The molecule has 2 N–H and O–H groups in total. The SMILES string of the molecule is CC1=C(/C=C/C(C)=C/C=C/C(C)=C/C(=O)N[C@@H](CS(=O)(=O)O)C(=O)N(C)C)C(C)(C)CCC1. The van der Waals surface area contributed by atoms with Crippen molar-refractivity contribution in [2.75, 3.05) is 19.8 Å². The molecular formula is C25H38N2O5S. The number of hydrogen-bond acceptors (Lipinski definition) is 4. The van der Waals surface area contributed by atoms with Crippen molar-refractivity contribution < 1.29 is 22.6 Å². The Kier molecular flexibility index (Phi) is 10.5. The van der Waals surface area contributed by atoms with E-state index < -0.39 is 33.7 Å². The monoisotopic (exact) mass is 478 g/mol. The molecule has 0 spiro atoms. The van der Waals surface area contributed by atoms with Gasteiger partial charge in [0.15, 0.2) is 0 Å². The molecule has 1 aliphatic rings. The van der Waals surface area contributed by atoms with Gasteiger partial charge in [-0.05, 0) is 56.6 Å². The van der Waals surface area contributed by atoms with Gasteiger partial charge in [-0.25, -0.2) is 0 Å². The van der Waals surface area contributed by atoms with Gasteiger partial charge < -0.3 is 10.2 Å². The van der Waals surface area contributed by atoms with Crippen LogP contribution in [0.2, 0.25) is 0 Å². The van der Waals surface area contributed by atoms with Gasteiger partial charge in [-0.15, -0.1) is 0 Å². The highest BCUT2D eigenvalue weighted by molar-refractivity contribution is 7.85. The smallest absolute Gasteiger partial charge is 0.267 e. The van der Waals surface area contributed by atoms with Gasteiger partial charge in [0.05, 0.1) is 0 Å². The van der Waals surface area contributed by atoms with Gasteiger partial charge in [-0.3, -0.25) is 14.1 Å². The van der Waals surface area contributed by atoms with Crippen LogP contribution in [0.3, 0.4) is 0 Å². The number of rotatable bonds is 9. The van der Waals surface area contributed by atoms with Crippen molar-refractivity contribution in [1.82, 2.24) is 10.2 Å². The van der Waals surface area contributed by atoms with Gasteiger partial charge in [-0.1, -0.05) is 55.4 Å². The Morgan fingerprint density at radius 2 is 1.82 bits per heavy atom. The van der Waals surface area contributed by atoms with Crippen LogP contribution in [0.1, 0.15) is 53.9 Å². The molecular weight excluding hydrogens is 440 g/mol. The zero-order valence-corrected chi connectivity index (χ0v) is 21.6. The molecule has 184 valence electrons. The van der Waals surface area contributed by atoms with E-state index in [1.165, 1.54) is 44.2 Å². The van der Waals surface area contributed by atoms with Crippen LogP contribution in [-0.2, 0) is 19.7 Å². The zero-order chi connectivity index (χ0) is 25.4. The van der Waals surface area contributed by atoms with Crippen LogP contribution in [0.5, 0.6) is 0 Å². The first-order valence-corrected chi connectivity index (χ1v) is 12.6. The summed E-state index contributed by atoms with van der Waals surface area (Å²) >= 11 is 0. The van der Waals surface area contributed by atoms with Crippen molar-refractivity contribution in [3.05, 3.63) is 58.7 Å². The van der Waals surface area contributed by atoms with E-state index in [1.54, 1.807) is 13.0 Å². The fourth-order valence-electron chi connectivity index (χ4n) is 3.80. The highest BCUT2D eigenvalue weighted by Crippen LogP contribution is 2.40. The second-order valence-corrected chi connectivity index (χ2v) is 11.0. The molecule has 33 heavy (non-hydrogen) atoms. The lowest BCUT2D eigenvalue weighted by Crippen LogP contribution is -2.49. The van der Waals surface area contributed by atoms with Crippen molar-refractivity contribution in [2.24, 2.45) is 5.41 Å². The third-order valence-corrected chi connectivity index (χ3v) is 6.32. The van der Waals surface area contributed by atoms with E-state index in [0.717, 1.165) is 16.9 Å². The molecule has 0 aromatic heterocycles. The topological polar surface area (TPSA) is 104 Å². The molecule has 2 amide bonds. The summed E-state index contributed by atoms with van der Waals surface area (Å²) in [4.78, 5) is 25.5. The zero-order valence-electron chi connectivity index (χ0n) is 20.8. The Labute approximate surface area is 198 Å². The number of carbonyl (C=O) groups is 2. The first-order valence-electron chi connectivity index (χ1n) is 11.0. The third-order valence-electron chi connectivity index (χ3n) is 5.57. The van der Waals surface area contributed by atoms with Crippen LogP contribution >= 0.6 is 0 Å². The number of carbonyl (C=O) groups excluding carboxylic acids is 2. The largest absolute Gasteiger partial charge is 0.347 e. The van der Waals surface area contributed by atoms with Crippen LogP contribution in [-0.4, -0.2) is 55.6 Å². The summed E-state index contributed by atoms with van der Waals surface area (Å²) in [6.45, 7) is 10.5. The second kappa shape index (κ2) is 12.1. The van der Waals surface area contributed by atoms with Crippen LogP contribution in [0.4, 0.5) is 0 Å². The van der Waals surface area contributed by atoms with Gasteiger partial charge in [0, 0.05) is 20.2 Å². The summed E-state index contributed by atoms with van der Waals surface area (Å²) in [7, 11) is -1.57. The highest BCUT2D eigenvalue weighted by Gasteiger charge is 2.27. The molecule has 1 atom stereocenters.